The molecule has 0 saturated carbocycles. The van der Waals surface area contributed by atoms with Crippen LogP contribution in [0.1, 0.15) is 18.6 Å². The minimum absolute atomic E-state index is 0.187. The molecule has 0 radical (unpaired) electrons. The number of hydrogen-bond acceptors (Lipinski definition) is 3. The predicted molar refractivity (Wildman–Crippen MR) is 66.6 cm³/mol. The van der Waals surface area contributed by atoms with Gasteiger partial charge in [0.1, 0.15) is 12.3 Å². The van der Waals surface area contributed by atoms with Gasteiger partial charge in [-0.15, -0.1) is 0 Å². The van der Waals surface area contributed by atoms with Gasteiger partial charge in [-0.2, -0.15) is 13.2 Å². The van der Waals surface area contributed by atoms with Gasteiger partial charge in [0.15, 0.2) is 6.61 Å². The van der Waals surface area contributed by atoms with E-state index in [-0.39, 0.29) is 5.75 Å². The van der Waals surface area contributed by atoms with Crippen molar-refractivity contribution >= 4 is 17.5 Å². The van der Waals surface area contributed by atoms with Crippen LogP contribution in [-0.4, -0.2) is 30.3 Å². The first-order valence-corrected chi connectivity index (χ1v) is 6.00. The van der Waals surface area contributed by atoms with Crippen LogP contribution in [0.2, 0.25) is 5.02 Å². The molecule has 1 rings (SSSR count). The third kappa shape index (κ3) is 5.66. The minimum Gasteiger partial charge on any atom is -0.483 e. The Hall–Kier alpha value is -1.47. The van der Waals surface area contributed by atoms with Gasteiger partial charge in [-0.25, -0.2) is 0 Å². The molecule has 1 aromatic carbocycles. The topological polar surface area (TPSA) is 58.6 Å². The van der Waals surface area contributed by atoms with Gasteiger partial charge in [0.2, 0.25) is 0 Å². The molecule has 0 spiro atoms. The summed E-state index contributed by atoms with van der Waals surface area (Å²) in [5, 5.41) is 11.6. The van der Waals surface area contributed by atoms with Crippen molar-refractivity contribution in [2.75, 3.05) is 13.2 Å². The number of aliphatic hydroxyl groups is 1. The average molecular weight is 312 g/mol. The van der Waals surface area contributed by atoms with Crippen molar-refractivity contribution in [1.82, 2.24) is 5.32 Å². The first kappa shape index (κ1) is 16.6. The van der Waals surface area contributed by atoms with Crippen LogP contribution in [0.3, 0.4) is 0 Å². The molecule has 8 heteroatoms. The van der Waals surface area contributed by atoms with Gasteiger partial charge in [0, 0.05) is 10.6 Å². The van der Waals surface area contributed by atoms with E-state index in [0.29, 0.717) is 10.6 Å². The highest BCUT2D eigenvalue weighted by Gasteiger charge is 2.27. The number of nitrogens with one attached hydrogen (secondary N) is 1. The quantitative estimate of drug-likeness (QED) is 0.878. The lowest BCUT2D eigenvalue weighted by Gasteiger charge is -2.14. The zero-order valence-corrected chi connectivity index (χ0v) is 11.3. The maximum atomic E-state index is 11.9. The molecule has 4 nitrogen and oxygen atoms in total. The number of carbonyl (C=O) groups is 1. The van der Waals surface area contributed by atoms with E-state index in [9.17, 15) is 23.1 Å². The summed E-state index contributed by atoms with van der Waals surface area (Å²) in [5.41, 5.74) is 0.348. The molecule has 0 heterocycles. The highest BCUT2D eigenvalue weighted by molar-refractivity contribution is 6.30. The summed E-state index contributed by atoms with van der Waals surface area (Å²) in [7, 11) is 0. The minimum atomic E-state index is -4.47. The molecule has 0 bridgehead atoms. The lowest BCUT2D eigenvalue weighted by atomic mass is 10.1. The number of benzene rings is 1. The Kier molecular flexibility index (Phi) is 5.64. The normalized spacial score (nSPS) is 12.9. The van der Waals surface area contributed by atoms with Crippen LogP contribution in [0.15, 0.2) is 18.2 Å². The highest BCUT2D eigenvalue weighted by Crippen LogP contribution is 2.28. The monoisotopic (exact) mass is 311 g/mol. The summed E-state index contributed by atoms with van der Waals surface area (Å²) in [5.74, 6) is -0.722. The smallest absolute Gasteiger partial charge is 0.405 e. The lowest BCUT2D eigenvalue weighted by Crippen LogP contribution is -2.36. The molecule has 0 aromatic heterocycles. The van der Waals surface area contributed by atoms with Crippen LogP contribution < -0.4 is 10.1 Å². The van der Waals surface area contributed by atoms with Crippen molar-refractivity contribution < 1.29 is 27.8 Å². The van der Waals surface area contributed by atoms with Gasteiger partial charge in [0.25, 0.3) is 5.91 Å². The first-order chi connectivity index (χ1) is 9.19. The second kappa shape index (κ2) is 6.81. The molecule has 20 heavy (non-hydrogen) atoms. The number of rotatable bonds is 5. The zero-order valence-electron chi connectivity index (χ0n) is 10.5. The SMILES string of the molecule is C[C@H](O)c1cc(Cl)ccc1OCC(=O)NCC(F)(F)F. The Balaban J connectivity index is 2.59. The van der Waals surface area contributed by atoms with E-state index in [1.807, 2.05) is 0 Å². The summed E-state index contributed by atoms with van der Waals surface area (Å²) in [4.78, 5) is 11.2. The molecule has 0 aliphatic rings. The van der Waals surface area contributed by atoms with Gasteiger partial charge in [-0.3, -0.25) is 4.79 Å². The van der Waals surface area contributed by atoms with Crippen LogP contribution >= 0.6 is 11.6 Å². The highest BCUT2D eigenvalue weighted by atomic mass is 35.5. The summed E-state index contributed by atoms with van der Waals surface area (Å²) in [6, 6.07) is 4.37. The molecule has 0 saturated heterocycles. The number of carbonyl (C=O) groups excluding carboxylic acids is 1. The van der Waals surface area contributed by atoms with Gasteiger partial charge >= 0.3 is 6.18 Å². The van der Waals surface area contributed by atoms with E-state index in [0.717, 1.165) is 0 Å². The fourth-order valence-corrected chi connectivity index (χ4v) is 1.55. The second-order valence-electron chi connectivity index (χ2n) is 4.04. The van der Waals surface area contributed by atoms with Gasteiger partial charge in [-0.05, 0) is 25.1 Å². The van der Waals surface area contributed by atoms with Crippen molar-refractivity contribution in [3.05, 3.63) is 28.8 Å². The zero-order chi connectivity index (χ0) is 15.3. The van der Waals surface area contributed by atoms with Crippen LogP contribution in [0.4, 0.5) is 13.2 Å². The van der Waals surface area contributed by atoms with Crippen LogP contribution in [0, 0.1) is 0 Å². The van der Waals surface area contributed by atoms with E-state index in [1.165, 1.54) is 25.1 Å². The third-order valence-corrected chi connectivity index (χ3v) is 2.50. The Bertz CT molecular complexity index is 478. The van der Waals surface area contributed by atoms with E-state index in [1.54, 1.807) is 5.32 Å². The maximum Gasteiger partial charge on any atom is 0.405 e. The van der Waals surface area contributed by atoms with Crippen molar-refractivity contribution in [2.24, 2.45) is 0 Å². The number of halogens is 4. The van der Waals surface area contributed by atoms with Crippen LogP contribution in [-0.2, 0) is 4.79 Å². The largest absolute Gasteiger partial charge is 0.483 e. The number of hydrogen-bond donors (Lipinski definition) is 2. The standard InChI is InChI=1S/C12H13ClF3NO3/c1-7(18)9-4-8(13)2-3-10(9)20-5-11(19)17-6-12(14,15)16/h2-4,7,18H,5-6H2,1H3,(H,17,19)/t7-/m0/s1. The van der Waals surface area contributed by atoms with Crippen molar-refractivity contribution in [1.29, 1.82) is 0 Å². The summed E-state index contributed by atoms with van der Waals surface area (Å²) < 4.78 is 40.8. The molecule has 1 atom stereocenters. The van der Waals surface area contributed by atoms with Gasteiger partial charge < -0.3 is 15.2 Å². The van der Waals surface area contributed by atoms with E-state index >= 15 is 0 Å². The summed E-state index contributed by atoms with van der Waals surface area (Å²) in [6.45, 7) is -0.529. The maximum absolute atomic E-state index is 11.9. The number of alkyl halides is 3. The Morgan fingerprint density at radius 2 is 2.15 bits per heavy atom. The first-order valence-electron chi connectivity index (χ1n) is 5.63. The van der Waals surface area contributed by atoms with E-state index in [4.69, 9.17) is 16.3 Å². The molecule has 0 fully saturated rings. The molecular formula is C12H13ClF3NO3. The third-order valence-electron chi connectivity index (χ3n) is 2.27. The Morgan fingerprint density at radius 1 is 1.50 bits per heavy atom. The van der Waals surface area contributed by atoms with Gasteiger partial charge in [-0.1, -0.05) is 11.6 Å². The molecule has 112 valence electrons. The summed E-state index contributed by atoms with van der Waals surface area (Å²) >= 11 is 5.75. The predicted octanol–water partition coefficient (Wildman–Crippen LogP) is 2.45. The fourth-order valence-electron chi connectivity index (χ4n) is 1.37. The van der Waals surface area contributed by atoms with Gasteiger partial charge in [0.05, 0.1) is 6.10 Å². The van der Waals surface area contributed by atoms with E-state index in [2.05, 4.69) is 0 Å². The van der Waals surface area contributed by atoms with Crippen molar-refractivity contribution in [2.45, 2.75) is 19.2 Å². The molecular weight excluding hydrogens is 299 g/mol. The van der Waals surface area contributed by atoms with Crippen LogP contribution in [0.5, 0.6) is 5.75 Å². The van der Waals surface area contributed by atoms with Crippen molar-refractivity contribution in [3.63, 3.8) is 0 Å². The number of aliphatic hydroxyl groups excluding tert-OH is 1. The van der Waals surface area contributed by atoms with E-state index < -0.39 is 31.3 Å². The molecule has 0 aliphatic carbocycles. The molecule has 1 amide bonds. The Labute approximate surface area is 118 Å². The van der Waals surface area contributed by atoms with Crippen LogP contribution in [0.25, 0.3) is 0 Å². The number of amides is 1. The molecule has 0 aliphatic heterocycles. The molecule has 1 aromatic rings. The Morgan fingerprint density at radius 3 is 2.70 bits per heavy atom. The average Bonchev–Trinajstić information content (AvgIpc) is 2.33. The molecule has 2 N–H and O–H groups in total. The lowest BCUT2D eigenvalue weighted by molar-refractivity contribution is -0.139. The second-order valence-corrected chi connectivity index (χ2v) is 4.48. The van der Waals surface area contributed by atoms with Crippen molar-refractivity contribution in [3.8, 4) is 5.75 Å². The molecule has 0 unspecified atom stereocenters. The fraction of sp³-hybridized carbons (Fsp3) is 0.417. The summed E-state index contributed by atoms with van der Waals surface area (Å²) in [6.07, 6.45) is -5.36. The number of ether oxygens (including phenoxy) is 1.